The summed E-state index contributed by atoms with van der Waals surface area (Å²) in [5.41, 5.74) is 5.45. The van der Waals surface area contributed by atoms with E-state index < -0.39 is 17.7 Å². The molecule has 0 aliphatic heterocycles. The highest BCUT2D eigenvalue weighted by molar-refractivity contribution is 5.93. The number of carboxylic acids is 1. The molecule has 0 unspecified atom stereocenters. The Morgan fingerprint density at radius 2 is 1.75 bits per heavy atom. The number of nitrogens with two attached hydrogens (primary N) is 1. The van der Waals surface area contributed by atoms with Crippen molar-refractivity contribution in [1.82, 2.24) is 0 Å². The molecule has 0 aliphatic rings. The van der Waals surface area contributed by atoms with Crippen molar-refractivity contribution in [3.63, 3.8) is 0 Å². The number of amides is 1. The summed E-state index contributed by atoms with van der Waals surface area (Å²) in [6.45, 7) is 9.19. The zero-order valence-corrected chi connectivity index (χ0v) is 12.5. The molecule has 0 spiro atoms. The van der Waals surface area contributed by atoms with Crippen molar-refractivity contribution in [2.75, 3.05) is 11.1 Å². The highest BCUT2D eigenvalue weighted by atomic mass is 16.6. The number of nitrogen functional groups attached to an aromatic ring is 1. The summed E-state index contributed by atoms with van der Waals surface area (Å²) in [6.07, 6.45) is -0.663. The molecule has 0 fully saturated rings. The highest BCUT2D eigenvalue weighted by Crippen LogP contribution is 2.18. The molecule has 1 aromatic rings. The van der Waals surface area contributed by atoms with Gasteiger partial charge in [0, 0.05) is 11.4 Å². The molecule has 6 nitrogen and oxygen atoms in total. The van der Waals surface area contributed by atoms with Crippen LogP contribution in [0.4, 0.5) is 16.2 Å². The standard InChI is InChI=1S/C12H16N2O4.C2H6/c1-12(2,3)18-11(17)14-9-5-7(10(15)16)4-8(13)6-9;1-2/h4-6H,13H2,1-3H3,(H,14,17)(H,15,16);1-2H3. The fourth-order valence-electron chi connectivity index (χ4n) is 1.27. The van der Waals surface area contributed by atoms with Gasteiger partial charge in [0.25, 0.3) is 0 Å². The second-order valence-corrected chi connectivity index (χ2v) is 4.78. The number of ether oxygens (including phenoxy) is 1. The van der Waals surface area contributed by atoms with Crippen molar-refractivity contribution in [2.45, 2.75) is 40.2 Å². The zero-order chi connectivity index (χ0) is 15.9. The Labute approximate surface area is 118 Å². The van der Waals surface area contributed by atoms with Gasteiger partial charge < -0.3 is 15.6 Å². The average molecular weight is 282 g/mol. The van der Waals surface area contributed by atoms with E-state index in [4.69, 9.17) is 15.6 Å². The molecule has 20 heavy (non-hydrogen) atoms. The molecule has 0 aromatic heterocycles. The maximum Gasteiger partial charge on any atom is 0.412 e. The van der Waals surface area contributed by atoms with Gasteiger partial charge in [0.05, 0.1) is 5.56 Å². The van der Waals surface area contributed by atoms with Crippen molar-refractivity contribution in [1.29, 1.82) is 0 Å². The van der Waals surface area contributed by atoms with E-state index in [-0.39, 0.29) is 16.9 Å². The number of carbonyl (C=O) groups is 2. The topological polar surface area (TPSA) is 102 Å². The quantitative estimate of drug-likeness (QED) is 0.722. The van der Waals surface area contributed by atoms with Crippen LogP contribution in [0.2, 0.25) is 0 Å². The second kappa shape index (κ2) is 7.37. The Hall–Kier alpha value is -2.24. The summed E-state index contributed by atoms with van der Waals surface area (Å²) in [5, 5.41) is 11.3. The molecule has 112 valence electrons. The number of hydrogen-bond acceptors (Lipinski definition) is 4. The van der Waals surface area contributed by atoms with Crippen LogP contribution < -0.4 is 11.1 Å². The Morgan fingerprint density at radius 3 is 2.20 bits per heavy atom. The Morgan fingerprint density at radius 1 is 1.20 bits per heavy atom. The Bertz CT molecular complexity index is 479. The second-order valence-electron chi connectivity index (χ2n) is 4.78. The van der Waals surface area contributed by atoms with Crippen LogP contribution in [0.3, 0.4) is 0 Å². The molecule has 0 radical (unpaired) electrons. The van der Waals surface area contributed by atoms with Crippen molar-refractivity contribution in [2.24, 2.45) is 0 Å². The lowest BCUT2D eigenvalue weighted by Crippen LogP contribution is -2.27. The van der Waals surface area contributed by atoms with Gasteiger partial charge in [-0.05, 0) is 39.0 Å². The lowest BCUT2D eigenvalue weighted by molar-refractivity contribution is 0.0633. The summed E-state index contributed by atoms with van der Waals surface area (Å²) in [7, 11) is 0. The molecule has 0 saturated carbocycles. The number of hydrogen-bond donors (Lipinski definition) is 3. The molecule has 0 atom stereocenters. The molecule has 4 N–H and O–H groups in total. The number of carbonyl (C=O) groups excluding carboxylic acids is 1. The molecule has 6 heteroatoms. The van der Waals surface area contributed by atoms with Gasteiger partial charge in [-0.3, -0.25) is 5.32 Å². The first-order valence-corrected chi connectivity index (χ1v) is 6.31. The van der Waals surface area contributed by atoms with Gasteiger partial charge in [0.2, 0.25) is 0 Å². The Balaban J connectivity index is 0.00000172. The van der Waals surface area contributed by atoms with Crippen LogP contribution in [0.1, 0.15) is 45.0 Å². The summed E-state index contributed by atoms with van der Waals surface area (Å²) in [4.78, 5) is 22.3. The minimum Gasteiger partial charge on any atom is -0.478 e. The molecule has 1 aromatic carbocycles. The lowest BCUT2D eigenvalue weighted by atomic mass is 10.2. The highest BCUT2D eigenvalue weighted by Gasteiger charge is 2.16. The minimum absolute atomic E-state index is 0.000980. The molecule has 0 aliphatic carbocycles. The van der Waals surface area contributed by atoms with Gasteiger partial charge in [-0.25, -0.2) is 9.59 Å². The van der Waals surface area contributed by atoms with E-state index in [0.717, 1.165) is 0 Å². The normalized spacial score (nSPS) is 10.1. The van der Waals surface area contributed by atoms with E-state index in [1.807, 2.05) is 13.8 Å². The van der Waals surface area contributed by atoms with E-state index >= 15 is 0 Å². The van der Waals surface area contributed by atoms with Crippen LogP contribution >= 0.6 is 0 Å². The summed E-state index contributed by atoms with van der Waals surface area (Å²) in [6, 6.07) is 4.07. The van der Waals surface area contributed by atoms with Gasteiger partial charge in [0.1, 0.15) is 5.60 Å². The summed E-state index contributed by atoms with van der Waals surface area (Å²) < 4.78 is 5.04. The van der Waals surface area contributed by atoms with Crippen LogP contribution in [0.5, 0.6) is 0 Å². The number of rotatable bonds is 2. The van der Waals surface area contributed by atoms with E-state index in [1.54, 1.807) is 20.8 Å². The van der Waals surface area contributed by atoms with E-state index in [9.17, 15) is 9.59 Å². The minimum atomic E-state index is -1.12. The molecule has 0 saturated heterocycles. The van der Waals surface area contributed by atoms with Crippen LogP contribution in [0, 0.1) is 0 Å². The summed E-state index contributed by atoms with van der Waals surface area (Å²) in [5.74, 6) is -1.12. The predicted octanol–water partition coefficient (Wildman–Crippen LogP) is 3.34. The van der Waals surface area contributed by atoms with Crippen molar-refractivity contribution >= 4 is 23.4 Å². The molecular weight excluding hydrogens is 260 g/mol. The molecular formula is C14H22N2O4. The fourth-order valence-corrected chi connectivity index (χ4v) is 1.27. The van der Waals surface area contributed by atoms with Gasteiger partial charge in [0.15, 0.2) is 0 Å². The first kappa shape index (κ1) is 17.8. The molecule has 1 rings (SSSR count). The monoisotopic (exact) mass is 282 g/mol. The zero-order valence-electron chi connectivity index (χ0n) is 12.5. The average Bonchev–Trinajstić information content (AvgIpc) is 2.27. The molecule has 0 heterocycles. The third-order valence-corrected chi connectivity index (χ3v) is 1.85. The SMILES string of the molecule is CC.CC(C)(C)OC(=O)Nc1cc(N)cc(C(=O)O)c1. The number of anilines is 2. The third kappa shape index (κ3) is 6.63. The third-order valence-electron chi connectivity index (χ3n) is 1.85. The van der Waals surface area contributed by atoms with E-state index in [2.05, 4.69) is 5.32 Å². The number of benzene rings is 1. The number of aromatic carboxylic acids is 1. The van der Waals surface area contributed by atoms with Gasteiger partial charge >= 0.3 is 12.1 Å². The number of nitrogens with one attached hydrogen (secondary N) is 1. The first-order chi connectivity index (χ1) is 9.17. The maximum atomic E-state index is 11.5. The van der Waals surface area contributed by atoms with Crippen LogP contribution in [0.25, 0.3) is 0 Å². The van der Waals surface area contributed by atoms with Gasteiger partial charge in [-0.2, -0.15) is 0 Å². The van der Waals surface area contributed by atoms with Crippen LogP contribution in [-0.4, -0.2) is 22.8 Å². The van der Waals surface area contributed by atoms with Crippen LogP contribution in [-0.2, 0) is 4.74 Å². The smallest absolute Gasteiger partial charge is 0.412 e. The first-order valence-electron chi connectivity index (χ1n) is 6.31. The fraction of sp³-hybridized carbons (Fsp3) is 0.429. The lowest BCUT2D eigenvalue weighted by Gasteiger charge is -2.19. The van der Waals surface area contributed by atoms with Crippen LogP contribution in [0.15, 0.2) is 18.2 Å². The van der Waals surface area contributed by atoms with Crippen molar-refractivity contribution in [3.05, 3.63) is 23.8 Å². The maximum absolute atomic E-state index is 11.5. The van der Waals surface area contributed by atoms with E-state index in [0.29, 0.717) is 0 Å². The summed E-state index contributed by atoms with van der Waals surface area (Å²) >= 11 is 0. The molecule has 1 amide bonds. The molecule has 0 bridgehead atoms. The predicted molar refractivity (Wildman–Crippen MR) is 79.0 cm³/mol. The van der Waals surface area contributed by atoms with E-state index in [1.165, 1.54) is 18.2 Å². The number of carboxylic acid groups (broad SMARTS) is 1. The van der Waals surface area contributed by atoms with Crippen molar-refractivity contribution in [3.8, 4) is 0 Å². The van der Waals surface area contributed by atoms with Gasteiger partial charge in [-0.15, -0.1) is 0 Å². The van der Waals surface area contributed by atoms with Crippen molar-refractivity contribution < 1.29 is 19.4 Å². The largest absolute Gasteiger partial charge is 0.478 e. The Kier molecular flexibility index (Phi) is 6.55. The van der Waals surface area contributed by atoms with Gasteiger partial charge in [-0.1, -0.05) is 13.8 Å².